The van der Waals surface area contributed by atoms with Crippen molar-refractivity contribution in [2.45, 2.75) is 25.8 Å². The van der Waals surface area contributed by atoms with Gasteiger partial charge in [0, 0.05) is 17.8 Å². The first-order chi connectivity index (χ1) is 9.24. The van der Waals surface area contributed by atoms with Crippen LogP contribution in [0, 0.1) is 0 Å². The fourth-order valence-electron chi connectivity index (χ4n) is 2.13. The Morgan fingerprint density at radius 3 is 2.47 bits per heavy atom. The molecule has 0 aliphatic carbocycles. The smallest absolute Gasteiger partial charge is 0.217 e. The third-order valence-electron chi connectivity index (χ3n) is 3.28. The van der Waals surface area contributed by atoms with Crippen molar-refractivity contribution < 1.29 is 4.74 Å². The standard InChI is InChI=1S/C16H20N2O/c1-3-12-6-8-13(9-7-12)11-15(17)14-5-4-10-18-16(14)19-2/h4-10,15H,3,11,17H2,1-2H3. The molecule has 0 radical (unpaired) electrons. The molecule has 2 N–H and O–H groups in total. The van der Waals surface area contributed by atoms with Gasteiger partial charge in [-0.25, -0.2) is 4.98 Å². The van der Waals surface area contributed by atoms with Crippen molar-refractivity contribution in [2.75, 3.05) is 7.11 Å². The van der Waals surface area contributed by atoms with Crippen molar-refractivity contribution in [1.29, 1.82) is 0 Å². The van der Waals surface area contributed by atoms with Crippen LogP contribution in [0.5, 0.6) is 5.88 Å². The lowest BCUT2D eigenvalue weighted by Crippen LogP contribution is -2.15. The number of rotatable bonds is 5. The van der Waals surface area contributed by atoms with E-state index in [4.69, 9.17) is 10.5 Å². The first-order valence-corrected chi connectivity index (χ1v) is 6.57. The lowest BCUT2D eigenvalue weighted by molar-refractivity contribution is 0.388. The van der Waals surface area contributed by atoms with Gasteiger partial charge in [-0.15, -0.1) is 0 Å². The summed E-state index contributed by atoms with van der Waals surface area (Å²) < 4.78 is 5.25. The number of nitrogens with two attached hydrogens (primary N) is 1. The summed E-state index contributed by atoms with van der Waals surface area (Å²) in [4.78, 5) is 4.19. The van der Waals surface area contributed by atoms with Crippen LogP contribution in [0.2, 0.25) is 0 Å². The largest absolute Gasteiger partial charge is 0.481 e. The highest BCUT2D eigenvalue weighted by molar-refractivity contribution is 5.31. The summed E-state index contributed by atoms with van der Waals surface area (Å²) in [6.45, 7) is 2.15. The quantitative estimate of drug-likeness (QED) is 0.894. The normalized spacial score (nSPS) is 12.2. The van der Waals surface area contributed by atoms with Crippen LogP contribution in [0.3, 0.4) is 0 Å². The van der Waals surface area contributed by atoms with Crippen molar-refractivity contribution in [1.82, 2.24) is 4.98 Å². The summed E-state index contributed by atoms with van der Waals surface area (Å²) in [5.74, 6) is 0.611. The molecule has 2 aromatic rings. The zero-order valence-corrected chi connectivity index (χ0v) is 11.5. The van der Waals surface area contributed by atoms with Crippen molar-refractivity contribution in [3.63, 3.8) is 0 Å². The Labute approximate surface area is 114 Å². The molecule has 0 spiro atoms. The van der Waals surface area contributed by atoms with Gasteiger partial charge in [0.1, 0.15) is 0 Å². The topological polar surface area (TPSA) is 48.1 Å². The molecule has 1 unspecified atom stereocenters. The summed E-state index contributed by atoms with van der Waals surface area (Å²) in [5, 5.41) is 0. The van der Waals surface area contributed by atoms with Gasteiger partial charge in [0.15, 0.2) is 0 Å². The lowest BCUT2D eigenvalue weighted by atomic mass is 9.99. The fraction of sp³-hybridized carbons (Fsp3) is 0.312. The molecule has 1 aromatic heterocycles. The van der Waals surface area contributed by atoms with E-state index in [1.165, 1.54) is 11.1 Å². The molecule has 0 amide bonds. The molecule has 100 valence electrons. The first-order valence-electron chi connectivity index (χ1n) is 6.57. The summed E-state index contributed by atoms with van der Waals surface area (Å²) in [6, 6.07) is 12.3. The van der Waals surface area contributed by atoms with E-state index in [0.717, 1.165) is 18.4 Å². The van der Waals surface area contributed by atoms with Crippen molar-refractivity contribution in [3.8, 4) is 5.88 Å². The van der Waals surface area contributed by atoms with Crippen LogP contribution in [0.1, 0.15) is 29.7 Å². The first kappa shape index (κ1) is 13.6. The SMILES string of the molecule is CCc1ccc(CC(N)c2cccnc2OC)cc1. The van der Waals surface area contributed by atoms with Crippen molar-refractivity contribution >= 4 is 0 Å². The van der Waals surface area contributed by atoms with E-state index in [9.17, 15) is 0 Å². The molecule has 1 atom stereocenters. The molecular formula is C16H20N2O. The molecule has 0 aliphatic rings. The third-order valence-corrected chi connectivity index (χ3v) is 3.28. The minimum Gasteiger partial charge on any atom is -0.481 e. The second kappa shape index (κ2) is 6.34. The van der Waals surface area contributed by atoms with E-state index >= 15 is 0 Å². The fourth-order valence-corrected chi connectivity index (χ4v) is 2.13. The molecule has 19 heavy (non-hydrogen) atoms. The molecule has 0 saturated heterocycles. The number of benzene rings is 1. The van der Waals surface area contributed by atoms with Gasteiger partial charge in [-0.1, -0.05) is 37.3 Å². The zero-order chi connectivity index (χ0) is 13.7. The molecule has 0 saturated carbocycles. The summed E-state index contributed by atoms with van der Waals surface area (Å²) in [5.41, 5.74) is 9.78. The van der Waals surface area contributed by atoms with Crippen molar-refractivity contribution in [3.05, 3.63) is 59.3 Å². The van der Waals surface area contributed by atoms with Gasteiger partial charge < -0.3 is 10.5 Å². The molecular weight excluding hydrogens is 236 g/mol. The predicted molar refractivity (Wildman–Crippen MR) is 77.2 cm³/mol. The van der Waals surface area contributed by atoms with Gasteiger partial charge in [-0.2, -0.15) is 0 Å². The van der Waals surface area contributed by atoms with E-state index in [-0.39, 0.29) is 6.04 Å². The minimum atomic E-state index is -0.101. The highest BCUT2D eigenvalue weighted by Gasteiger charge is 2.13. The number of pyridine rings is 1. The Balaban J connectivity index is 2.13. The Bertz CT molecular complexity index is 523. The van der Waals surface area contributed by atoms with Gasteiger partial charge in [0.2, 0.25) is 5.88 Å². The van der Waals surface area contributed by atoms with E-state index in [1.54, 1.807) is 13.3 Å². The van der Waals surface area contributed by atoms with Crippen LogP contribution in [-0.2, 0) is 12.8 Å². The maximum Gasteiger partial charge on any atom is 0.217 e. The molecule has 0 fully saturated rings. The summed E-state index contributed by atoms with van der Waals surface area (Å²) in [7, 11) is 1.62. The molecule has 3 heteroatoms. The third kappa shape index (κ3) is 3.32. The molecule has 2 rings (SSSR count). The number of methoxy groups -OCH3 is 1. The monoisotopic (exact) mass is 256 g/mol. The number of aromatic nitrogens is 1. The minimum absolute atomic E-state index is 0.101. The maximum atomic E-state index is 6.25. The Kier molecular flexibility index (Phi) is 4.53. The van der Waals surface area contributed by atoms with E-state index in [2.05, 4.69) is 36.2 Å². The Hall–Kier alpha value is -1.87. The van der Waals surface area contributed by atoms with Gasteiger partial charge in [-0.3, -0.25) is 0 Å². The van der Waals surface area contributed by atoms with Crippen LogP contribution in [0.25, 0.3) is 0 Å². The van der Waals surface area contributed by atoms with Gasteiger partial charge >= 0.3 is 0 Å². The number of aryl methyl sites for hydroxylation is 1. The summed E-state index contributed by atoms with van der Waals surface area (Å²) in [6.07, 6.45) is 3.56. The van der Waals surface area contributed by atoms with E-state index in [0.29, 0.717) is 5.88 Å². The van der Waals surface area contributed by atoms with Crippen molar-refractivity contribution in [2.24, 2.45) is 5.73 Å². The van der Waals surface area contributed by atoms with Crippen LogP contribution < -0.4 is 10.5 Å². The van der Waals surface area contributed by atoms with Gasteiger partial charge in [-0.05, 0) is 30.0 Å². The average molecular weight is 256 g/mol. The zero-order valence-electron chi connectivity index (χ0n) is 11.5. The molecule has 0 aliphatic heterocycles. The van der Waals surface area contributed by atoms with E-state index < -0.39 is 0 Å². The predicted octanol–water partition coefficient (Wildman–Crippen LogP) is 2.90. The molecule has 1 aromatic carbocycles. The number of nitrogens with zero attached hydrogens (tertiary/aromatic N) is 1. The van der Waals surface area contributed by atoms with Crippen LogP contribution >= 0.6 is 0 Å². The lowest BCUT2D eigenvalue weighted by Gasteiger charge is -2.14. The van der Waals surface area contributed by atoms with Crippen LogP contribution in [0.15, 0.2) is 42.6 Å². The number of hydrogen-bond acceptors (Lipinski definition) is 3. The average Bonchev–Trinajstić information content (AvgIpc) is 2.48. The van der Waals surface area contributed by atoms with Gasteiger partial charge in [0.05, 0.1) is 7.11 Å². The highest BCUT2D eigenvalue weighted by atomic mass is 16.5. The van der Waals surface area contributed by atoms with Crippen LogP contribution in [0.4, 0.5) is 0 Å². The Morgan fingerprint density at radius 1 is 1.16 bits per heavy atom. The number of ether oxygens (including phenoxy) is 1. The molecule has 1 heterocycles. The molecule has 3 nitrogen and oxygen atoms in total. The second-order valence-corrected chi connectivity index (χ2v) is 4.58. The van der Waals surface area contributed by atoms with Gasteiger partial charge in [0.25, 0.3) is 0 Å². The van der Waals surface area contributed by atoms with Crippen LogP contribution in [-0.4, -0.2) is 12.1 Å². The second-order valence-electron chi connectivity index (χ2n) is 4.58. The maximum absolute atomic E-state index is 6.25. The molecule has 0 bridgehead atoms. The van der Waals surface area contributed by atoms with E-state index in [1.807, 2.05) is 12.1 Å². The Morgan fingerprint density at radius 2 is 1.84 bits per heavy atom. The highest BCUT2D eigenvalue weighted by Crippen LogP contribution is 2.23. The number of hydrogen-bond donors (Lipinski definition) is 1. The summed E-state index contributed by atoms with van der Waals surface area (Å²) >= 11 is 0.